The van der Waals surface area contributed by atoms with E-state index in [4.69, 9.17) is 4.74 Å². The average molecular weight is 311 g/mol. The summed E-state index contributed by atoms with van der Waals surface area (Å²) in [7, 11) is 0. The Kier molecular flexibility index (Phi) is 6.36. The average Bonchev–Trinajstić information content (AvgIpc) is 2.60. The summed E-state index contributed by atoms with van der Waals surface area (Å²) in [6, 6.07) is 17.8. The second kappa shape index (κ2) is 8.73. The molecule has 0 fully saturated rings. The number of amides is 1. The molecule has 0 aromatic heterocycles. The van der Waals surface area contributed by atoms with Gasteiger partial charge in [0.25, 0.3) is 0 Å². The summed E-state index contributed by atoms with van der Waals surface area (Å²) in [5.41, 5.74) is 1.50. The van der Waals surface area contributed by atoms with E-state index >= 15 is 0 Å². The summed E-state index contributed by atoms with van der Waals surface area (Å²) in [4.78, 5) is 24.4. The molecule has 2 aromatic rings. The number of ether oxygens (including phenoxy) is 1. The van der Waals surface area contributed by atoms with Gasteiger partial charge in [0.1, 0.15) is 6.61 Å². The van der Waals surface area contributed by atoms with Crippen molar-refractivity contribution in [2.24, 2.45) is 0 Å². The fourth-order valence-electron chi connectivity index (χ4n) is 2.27. The third-order valence-corrected chi connectivity index (χ3v) is 3.46. The predicted octanol–water partition coefficient (Wildman–Crippen LogP) is 3.96. The largest absolute Gasteiger partial charge is 0.445 e. The molecule has 1 atom stereocenters. The second-order valence-corrected chi connectivity index (χ2v) is 5.28. The SMILES string of the molecule is CCCC(NC(=O)OCc1ccccc1)C(=O)c1ccccc1. The highest BCUT2D eigenvalue weighted by atomic mass is 16.5. The van der Waals surface area contributed by atoms with Gasteiger partial charge in [0, 0.05) is 5.56 Å². The molecule has 4 heteroatoms. The van der Waals surface area contributed by atoms with Crippen LogP contribution >= 0.6 is 0 Å². The summed E-state index contributed by atoms with van der Waals surface area (Å²) in [6.45, 7) is 2.16. The molecule has 0 spiro atoms. The molecule has 120 valence electrons. The standard InChI is InChI=1S/C19H21NO3/c1-2-9-17(18(21)16-12-7-4-8-13-16)20-19(22)23-14-15-10-5-3-6-11-15/h3-8,10-13,17H,2,9,14H2,1H3,(H,20,22). The van der Waals surface area contributed by atoms with Crippen LogP contribution in [0.25, 0.3) is 0 Å². The monoisotopic (exact) mass is 311 g/mol. The van der Waals surface area contributed by atoms with Gasteiger partial charge in [-0.1, -0.05) is 74.0 Å². The number of carbonyl (C=O) groups is 2. The Labute approximate surface area is 136 Å². The highest BCUT2D eigenvalue weighted by molar-refractivity contribution is 6.01. The highest BCUT2D eigenvalue weighted by Crippen LogP contribution is 2.09. The van der Waals surface area contributed by atoms with Crippen LogP contribution in [-0.4, -0.2) is 17.9 Å². The van der Waals surface area contributed by atoms with Gasteiger partial charge >= 0.3 is 6.09 Å². The van der Waals surface area contributed by atoms with Crippen LogP contribution in [0.5, 0.6) is 0 Å². The van der Waals surface area contributed by atoms with Crippen molar-refractivity contribution in [1.82, 2.24) is 5.32 Å². The lowest BCUT2D eigenvalue weighted by atomic mass is 10.0. The lowest BCUT2D eigenvalue weighted by Gasteiger charge is -2.17. The topological polar surface area (TPSA) is 55.4 Å². The number of carbonyl (C=O) groups excluding carboxylic acids is 2. The molecule has 0 aliphatic rings. The Bertz CT molecular complexity index is 626. The molecule has 0 saturated heterocycles. The van der Waals surface area contributed by atoms with Crippen molar-refractivity contribution < 1.29 is 14.3 Å². The van der Waals surface area contributed by atoms with E-state index in [1.165, 1.54) is 0 Å². The molecule has 0 bridgehead atoms. The van der Waals surface area contributed by atoms with Crippen LogP contribution in [0.15, 0.2) is 60.7 Å². The minimum Gasteiger partial charge on any atom is -0.445 e. The Morgan fingerprint density at radius 3 is 2.22 bits per heavy atom. The van der Waals surface area contributed by atoms with Crippen molar-refractivity contribution in [2.45, 2.75) is 32.4 Å². The number of benzene rings is 2. The zero-order valence-electron chi connectivity index (χ0n) is 13.2. The van der Waals surface area contributed by atoms with Gasteiger partial charge in [-0.25, -0.2) is 4.79 Å². The van der Waals surface area contributed by atoms with Gasteiger partial charge in [-0.3, -0.25) is 4.79 Å². The second-order valence-electron chi connectivity index (χ2n) is 5.28. The summed E-state index contributed by atoms with van der Waals surface area (Å²) in [6.07, 6.45) is 0.799. The van der Waals surface area contributed by atoms with Crippen LogP contribution in [0.4, 0.5) is 4.79 Å². The Hall–Kier alpha value is -2.62. The van der Waals surface area contributed by atoms with E-state index < -0.39 is 12.1 Å². The zero-order valence-corrected chi connectivity index (χ0v) is 13.2. The molecule has 0 aliphatic carbocycles. The normalized spacial score (nSPS) is 11.5. The van der Waals surface area contributed by atoms with Crippen molar-refractivity contribution in [2.75, 3.05) is 0 Å². The number of hydrogen-bond acceptors (Lipinski definition) is 3. The molecule has 2 rings (SSSR count). The van der Waals surface area contributed by atoms with Gasteiger partial charge < -0.3 is 10.1 Å². The molecule has 2 aromatic carbocycles. The number of ketones is 1. The van der Waals surface area contributed by atoms with E-state index in [1.807, 2.05) is 55.5 Å². The van der Waals surface area contributed by atoms with Gasteiger partial charge in [0.05, 0.1) is 6.04 Å². The first kappa shape index (κ1) is 16.7. The van der Waals surface area contributed by atoms with E-state index in [2.05, 4.69) is 5.32 Å². The van der Waals surface area contributed by atoms with Gasteiger partial charge in [-0.05, 0) is 12.0 Å². The van der Waals surface area contributed by atoms with Gasteiger partial charge in [-0.15, -0.1) is 0 Å². The quantitative estimate of drug-likeness (QED) is 0.787. The predicted molar refractivity (Wildman–Crippen MR) is 89.2 cm³/mol. The first-order valence-electron chi connectivity index (χ1n) is 7.77. The van der Waals surface area contributed by atoms with Crippen LogP contribution in [0.1, 0.15) is 35.7 Å². The molecular weight excluding hydrogens is 290 g/mol. The summed E-state index contributed by atoms with van der Waals surface area (Å²) < 4.78 is 5.19. The molecule has 0 saturated carbocycles. The van der Waals surface area contributed by atoms with Crippen molar-refractivity contribution in [3.05, 3.63) is 71.8 Å². The molecule has 0 aliphatic heterocycles. The van der Waals surface area contributed by atoms with Gasteiger partial charge in [0.2, 0.25) is 0 Å². The highest BCUT2D eigenvalue weighted by Gasteiger charge is 2.21. The molecule has 0 heterocycles. The number of rotatable bonds is 7. The van der Waals surface area contributed by atoms with Crippen molar-refractivity contribution in [3.63, 3.8) is 0 Å². The first-order chi connectivity index (χ1) is 11.2. The maximum Gasteiger partial charge on any atom is 0.408 e. The van der Waals surface area contributed by atoms with E-state index in [0.717, 1.165) is 12.0 Å². The van der Waals surface area contributed by atoms with Crippen LogP contribution in [0, 0.1) is 0 Å². The Morgan fingerprint density at radius 1 is 1.00 bits per heavy atom. The van der Waals surface area contributed by atoms with Crippen molar-refractivity contribution >= 4 is 11.9 Å². The number of alkyl carbamates (subject to hydrolysis) is 1. The minimum atomic E-state index is -0.573. The molecule has 0 radical (unpaired) electrons. The van der Waals surface area contributed by atoms with Crippen molar-refractivity contribution in [1.29, 1.82) is 0 Å². The lowest BCUT2D eigenvalue weighted by molar-refractivity contribution is 0.0910. The summed E-state index contributed by atoms with van der Waals surface area (Å²) in [5.74, 6) is -0.0934. The third kappa shape index (κ3) is 5.25. The number of Topliss-reactive ketones (excluding diaryl/α,β-unsaturated/α-hetero) is 1. The maximum absolute atomic E-state index is 12.5. The molecular formula is C19H21NO3. The molecule has 1 amide bonds. The smallest absolute Gasteiger partial charge is 0.408 e. The number of nitrogens with one attached hydrogen (secondary N) is 1. The third-order valence-electron chi connectivity index (χ3n) is 3.46. The maximum atomic E-state index is 12.5. The molecule has 1 N–H and O–H groups in total. The Balaban J connectivity index is 1.93. The lowest BCUT2D eigenvalue weighted by Crippen LogP contribution is -2.41. The zero-order chi connectivity index (χ0) is 16.5. The Morgan fingerprint density at radius 2 is 1.61 bits per heavy atom. The fraction of sp³-hybridized carbons (Fsp3) is 0.263. The van der Waals surface area contributed by atoms with Crippen LogP contribution in [0.3, 0.4) is 0 Å². The van der Waals surface area contributed by atoms with Crippen molar-refractivity contribution in [3.8, 4) is 0 Å². The first-order valence-corrected chi connectivity index (χ1v) is 7.77. The van der Waals surface area contributed by atoms with Crippen LogP contribution in [0.2, 0.25) is 0 Å². The van der Waals surface area contributed by atoms with E-state index in [1.54, 1.807) is 12.1 Å². The van der Waals surface area contributed by atoms with Crippen LogP contribution in [-0.2, 0) is 11.3 Å². The molecule has 23 heavy (non-hydrogen) atoms. The van der Waals surface area contributed by atoms with E-state index in [9.17, 15) is 9.59 Å². The molecule has 4 nitrogen and oxygen atoms in total. The number of hydrogen-bond donors (Lipinski definition) is 1. The summed E-state index contributed by atoms with van der Waals surface area (Å²) >= 11 is 0. The van der Waals surface area contributed by atoms with E-state index in [0.29, 0.717) is 12.0 Å². The minimum absolute atomic E-state index is 0.0934. The van der Waals surface area contributed by atoms with Gasteiger partial charge in [0.15, 0.2) is 5.78 Å². The van der Waals surface area contributed by atoms with E-state index in [-0.39, 0.29) is 12.4 Å². The fourth-order valence-corrected chi connectivity index (χ4v) is 2.27. The van der Waals surface area contributed by atoms with Gasteiger partial charge in [-0.2, -0.15) is 0 Å². The molecule has 1 unspecified atom stereocenters. The summed E-state index contributed by atoms with van der Waals surface area (Å²) in [5, 5.41) is 2.68. The van der Waals surface area contributed by atoms with Crippen LogP contribution < -0.4 is 5.32 Å².